The molecule has 3 N–H and O–H groups in total. The molecule has 0 spiro atoms. The van der Waals surface area contributed by atoms with Crippen molar-refractivity contribution >= 4 is 27.3 Å². The first-order chi connectivity index (χ1) is 12.9. The highest BCUT2D eigenvalue weighted by atomic mass is 32.2. The van der Waals surface area contributed by atoms with Crippen LogP contribution in [0.1, 0.15) is 24.8 Å². The molecule has 1 saturated heterocycles. The zero-order valence-corrected chi connectivity index (χ0v) is 16.3. The van der Waals surface area contributed by atoms with Crippen molar-refractivity contribution in [2.75, 3.05) is 28.9 Å². The zero-order chi connectivity index (χ0) is 19.4. The van der Waals surface area contributed by atoms with E-state index < -0.39 is 10.0 Å². The Bertz CT molecular complexity index is 892. The summed E-state index contributed by atoms with van der Waals surface area (Å²) >= 11 is 0. The molecule has 0 unspecified atom stereocenters. The monoisotopic (exact) mass is 391 g/mol. The second kappa shape index (κ2) is 8.10. The highest BCUT2D eigenvalue weighted by Gasteiger charge is 2.34. The largest absolute Gasteiger partial charge is 0.326 e. The first kappa shape index (κ1) is 19.4. The number of hydrogen-bond acceptors (Lipinski definition) is 5. The van der Waals surface area contributed by atoms with Gasteiger partial charge in [0.25, 0.3) is 0 Å². The van der Waals surface area contributed by atoms with Crippen LogP contribution in [-0.4, -0.2) is 42.9 Å². The number of nitrogens with zero attached hydrogens (tertiary/aromatic N) is 2. The minimum Gasteiger partial charge on any atom is -0.326 e. The summed E-state index contributed by atoms with van der Waals surface area (Å²) in [6.45, 7) is 3.16. The number of hydrogen-bond donors (Lipinski definition) is 3. The van der Waals surface area contributed by atoms with Crippen molar-refractivity contribution in [3.8, 4) is 0 Å². The Morgan fingerprint density at radius 1 is 1.26 bits per heavy atom. The van der Waals surface area contributed by atoms with Gasteiger partial charge in [-0.05, 0) is 36.2 Å². The van der Waals surface area contributed by atoms with Crippen molar-refractivity contribution in [2.45, 2.75) is 19.3 Å². The van der Waals surface area contributed by atoms with E-state index >= 15 is 0 Å². The number of carbonyl (C=O) groups excluding carboxylic acids is 1. The molecule has 1 aliphatic rings. The van der Waals surface area contributed by atoms with E-state index in [9.17, 15) is 13.2 Å². The topological polar surface area (TPSA) is 105 Å². The molecule has 0 bridgehead atoms. The predicted molar refractivity (Wildman–Crippen MR) is 105 cm³/mol. The van der Waals surface area contributed by atoms with Crippen LogP contribution in [0.2, 0.25) is 0 Å². The molecule has 1 fully saturated rings. The van der Waals surface area contributed by atoms with Crippen LogP contribution in [0.25, 0.3) is 0 Å². The van der Waals surface area contributed by atoms with Gasteiger partial charge in [-0.2, -0.15) is 5.10 Å². The average Bonchev–Trinajstić information content (AvgIpc) is 3.24. The van der Waals surface area contributed by atoms with Crippen molar-refractivity contribution in [1.29, 1.82) is 0 Å². The van der Waals surface area contributed by atoms with Crippen molar-refractivity contribution in [3.05, 3.63) is 42.2 Å². The smallest absolute Gasteiger partial charge is 0.232 e. The fraction of sp³-hybridized carbons (Fsp3) is 0.444. The number of anilines is 2. The molecule has 2 aromatic rings. The van der Waals surface area contributed by atoms with Crippen molar-refractivity contribution in [1.82, 2.24) is 15.1 Å². The molecule has 1 aliphatic heterocycles. The van der Waals surface area contributed by atoms with Gasteiger partial charge >= 0.3 is 0 Å². The van der Waals surface area contributed by atoms with Crippen LogP contribution in [0.5, 0.6) is 0 Å². The molecule has 0 aliphatic carbocycles. The van der Waals surface area contributed by atoms with Gasteiger partial charge in [0, 0.05) is 43.6 Å². The lowest BCUT2D eigenvalue weighted by Crippen LogP contribution is -2.28. The third-order valence-corrected chi connectivity index (χ3v) is 6.10. The van der Waals surface area contributed by atoms with Crippen LogP contribution in [0.15, 0.2) is 36.7 Å². The Hall–Kier alpha value is -2.39. The van der Waals surface area contributed by atoms with Gasteiger partial charge in [0.05, 0.1) is 17.9 Å². The Kier molecular flexibility index (Phi) is 5.81. The number of rotatable bonds is 7. The maximum atomic E-state index is 12.7. The molecule has 0 saturated carbocycles. The zero-order valence-electron chi connectivity index (χ0n) is 15.5. The lowest BCUT2D eigenvalue weighted by Gasteiger charge is -2.17. The van der Waals surface area contributed by atoms with Crippen molar-refractivity contribution in [3.63, 3.8) is 0 Å². The highest BCUT2D eigenvalue weighted by Crippen LogP contribution is 2.29. The van der Waals surface area contributed by atoms with E-state index in [1.54, 1.807) is 35.1 Å². The summed E-state index contributed by atoms with van der Waals surface area (Å²) in [6.07, 6.45) is 4.29. The fourth-order valence-corrected chi connectivity index (χ4v) is 4.43. The van der Waals surface area contributed by atoms with Crippen LogP contribution < -0.4 is 15.4 Å². The van der Waals surface area contributed by atoms with E-state index in [0.717, 1.165) is 12.1 Å². The molecular weight excluding hydrogens is 366 g/mol. The van der Waals surface area contributed by atoms with Gasteiger partial charge in [-0.3, -0.25) is 14.2 Å². The summed E-state index contributed by atoms with van der Waals surface area (Å²) in [5, 5.41) is 10.4. The van der Waals surface area contributed by atoms with Gasteiger partial charge in [0.15, 0.2) is 0 Å². The van der Waals surface area contributed by atoms with E-state index in [0.29, 0.717) is 24.3 Å². The van der Waals surface area contributed by atoms with Crippen LogP contribution in [0.3, 0.4) is 0 Å². The Morgan fingerprint density at radius 3 is 2.59 bits per heavy atom. The van der Waals surface area contributed by atoms with E-state index in [2.05, 4.69) is 20.5 Å². The Morgan fingerprint density at radius 2 is 1.96 bits per heavy atom. The average molecular weight is 391 g/mol. The van der Waals surface area contributed by atoms with E-state index in [4.69, 9.17) is 0 Å². The highest BCUT2D eigenvalue weighted by molar-refractivity contribution is 7.92. The normalized spacial score (nSPS) is 19.8. The lowest BCUT2D eigenvalue weighted by atomic mass is 9.90. The number of aryl methyl sites for hydroxylation is 1. The first-order valence-electron chi connectivity index (χ1n) is 8.98. The molecule has 3 rings (SSSR count). The molecule has 0 radical (unpaired) electrons. The minimum absolute atomic E-state index is 0.0619. The summed E-state index contributed by atoms with van der Waals surface area (Å²) in [5.41, 5.74) is 2.16. The van der Waals surface area contributed by atoms with Crippen LogP contribution in [0, 0.1) is 5.92 Å². The molecule has 27 heavy (non-hydrogen) atoms. The summed E-state index contributed by atoms with van der Waals surface area (Å²) in [7, 11) is -1.46. The van der Waals surface area contributed by atoms with Crippen LogP contribution >= 0.6 is 0 Å². The Labute approximate surface area is 159 Å². The quantitative estimate of drug-likeness (QED) is 0.664. The molecular formula is C18H25N5O3S. The van der Waals surface area contributed by atoms with Gasteiger partial charge in [-0.15, -0.1) is 0 Å². The SMILES string of the molecule is CCCS(=O)(=O)Nc1ccc(NC(=O)[C@H]2CNC[C@@H]2c2cnn(C)c2)cc1. The third-order valence-electron chi connectivity index (χ3n) is 4.60. The molecule has 1 amide bonds. The van der Waals surface area contributed by atoms with Gasteiger partial charge in [-0.25, -0.2) is 8.42 Å². The van der Waals surface area contributed by atoms with E-state index in [1.165, 1.54) is 0 Å². The molecule has 146 valence electrons. The summed E-state index contributed by atoms with van der Waals surface area (Å²) < 4.78 is 27.9. The fourth-order valence-electron chi connectivity index (χ4n) is 3.29. The standard InChI is InChI=1S/C18H25N5O3S/c1-3-8-27(25,26)22-15-6-4-14(5-7-15)21-18(24)17-11-19-10-16(17)13-9-20-23(2)12-13/h4-7,9,12,16-17,19,22H,3,8,10-11H2,1-2H3,(H,21,24)/t16-,17+/m1/s1. The summed E-state index contributed by atoms with van der Waals surface area (Å²) in [4.78, 5) is 12.7. The molecule has 9 heteroatoms. The number of aromatic nitrogens is 2. The first-order valence-corrected chi connectivity index (χ1v) is 10.6. The summed E-state index contributed by atoms with van der Waals surface area (Å²) in [5.74, 6) is -0.0838. The number of sulfonamides is 1. The van der Waals surface area contributed by atoms with E-state index in [1.807, 2.05) is 20.2 Å². The molecule has 2 atom stereocenters. The van der Waals surface area contributed by atoms with Gasteiger partial charge in [0.1, 0.15) is 0 Å². The van der Waals surface area contributed by atoms with E-state index in [-0.39, 0.29) is 23.5 Å². The van der Waals surface area contributed by atoms with Gasteiger partial charge in [0.2, 0.25) is 15.9 Å². The number of carbonyl (C=O) groups is 1. The number of amides is 1. The van der Waals surface area contributed by atoms with Gasteiger partial charge in [-0.1, -0.05) is 6.92 Å². The van der Waals surface area contributed by atoms with Crippen molar-refractivity contribution < 1.29 is 13.2 Å². The molecule has 8 nitrogen and oxygen atoms in total. The number of nitrogens with one attached hydrogen (secondary N) is 3. The molecule has 2 heterocycles. The second-order valence-electron chi connectivity index (χ2n) is 6.81. The molecule has 1 aromatic heterocycles. The maximum Gasteiger partial charge on any atom is 0.232 e. The minimum atomic E-state index is -3.32. The summed E-state index contributed by atoms with van der Waals surface area (Å²) in [6, 6.07) is 6.69. The Balaban J connectivity index is 1.64. The molecule has 1 aromatic carbocycles. The van der Waals surface area contributed by atoms with Crippen molar-refractivity contribution in [2.24, 2.45) is 13.0 Å². The third kappa shape index (κ3) is 4.86. The lowest BCUT2D eigenvalue weighted by molar-refractivity contribution is -0.119. The van der Waals surface area contributed by atoms with Crippen LogP contribution in [0.4, 0.5) is 11.4 Å². The maximum absolute atomic E-state index is 12.7. The second-order valence-corrected chi connectivity index (χ2v) is 8.65. The predicted octanol–water partition coefficient (Wildman–Crippen LogP) is 1.51. The van der Waals surface area contributed by atoms with Crippen LogP contribution in [-0.2, 0) is 21.9 Å². The number of benzene rings is 1. The van der Waals surface area contributed by atoms with Gasteiger partial charge < -0.3 is 10.6 Å².